The van der Waals surface area contributed by atoms with Crippen LogP contribution in [0.25, 0.3) is 0 Å². The summed E-state index contributed by atoms with van der Waals surface area (Å²) in [6.07, 6.45) is 0.620. The number of carbonyl (C=O) groups is 1. The second-order valence-corrected chi connectivity index (χ2v) is 6.41. The molecule has 1 atom stereocenters. The van der Waals surface area contributed by atoms with Crippen LogP contribution in [0.5, 0.6) is 0 Å². The lowest BCUT2D eigenvalue weighted by Gasteiger charge is -2.20. The molecule has 1 unspecified atom stereocenters. The van der Waals surface area contributed by atoms with Crippen molar-refractivity contribution in [3.8, 4) is 0 Å². The topological polar surface area (TPSA) is 50.4 Å². The molecule has 4 heteroatoms. The van der Waals surface area contributed by atoms with E-state index < -0.39 is 5.60 Å². The average molecular weight is 292 g/mol. The lowest BCUT2D eigenvalue weighted by molar-refractivity contribution is 0.0528. The van der Waals surface area contributed by atoms with E-state index in [1.54, 1.807) is 0 Å². The minimum absolute atomic E-state index is 0.365. The third-order valence-electron chi connectivity index (χ3n) is 3.07. The van der Waals surface area contributed by atoms with E-state index in [2.05, 4.69) is 48.7 Å². The number of nitrogens with one attached hydrogen (secondary N) is 2. The maximum atomic E-state index is 11.5. The number of rotatable bonds is 6. The van der Waals surface area contributed by atoms with Gasteiger partial charge in [-0.3, -0.25) is 0 Å². The summed E-state index contributed by atoms with van der Waals surface area (Å²) < 4.78 is 5.18. The fourth-order valence-corrected chi connectivity index (χ4v) is 2.04. The molecular formula is C17H28N2O2. The number of amides is 1. The zero-order valence-electron chi connectivity index (χ0n) is 13.8. The molecule has 0 saturated heterocycles. The number of hydrogen-bond acceptors (Lipinski definition) is 3. The molecule has 0 bridgehead atoms. The maximum Gasteiger partial charge on any atom is 0.407 e. The summed E-state index contributed by atoms with van der Waals surface area (Å²) in [5.41, 5.74) is 2.23. The molecule has 0 aliphatic heterocycles. The molecule has 0 heterocycles. The number of aryl methyl sites for hydroxylation is 1. The Morgan fingerprint density at radius 2 is 1.90 bits per heavy atom. The molecule has 0 aliphatic carbocycles. The van der Waals surface area contributed by atoms with Crippen molar-refractivity contribution in [2.24, 2.45) is 0 Å². The van der Waals surface area contributed by atoms with Gasteiger partial charge in [-0.15, -0.1) is 0 Å². The molecule has 118 valence electrons. The van der Waals surface area contributed by atoms with Gasteiger partial charge in [0.1, 0.15) is 5.60 Å². The smallest absolute Gasteiger partial charge is 0.407 e. The standard InChI is InChI=1S/C17H28N2O2/c1-13-8-6-7-9-15(13)12-14(2)18-10-11-19-16(20)21-17(3,4)5/h6-9,14,18H,10-12H2,1-5H3,(H,19,20). The molecule has 0 spiro atoms. The van der Waals surface area contributed by atoms with Gasteiger partial charge in [-0.2, -0.15) is 0 Å². The van der Waals surface area contributed by atoms with Crippen molar-refractivity contribution in [2.75, 3.05) is 13.1 Å². The summed E-state index contributed by atoms with van der Waals surface area (Å²) in [6, 6.07) is 8.78. The van der Waals surface area contributed by atoms with E-state index in [-0.39, 0.29) is 6.09 Å². The minimum atomic E-state index is -0.449. The molecule has 0 aliphatic rings. The van der Waals surface area contributed by atoms with E-state index in [9.17, 15) is 4.79 Å². The third-order valence-corrected chi connectivity index (χ3v) is 3.07. The highest BCUT2D eigenvalue weighted by molar-refractivity contribution is 5.67. The van der Waals surface area contributed by atoms with Gasteiger partial charge in [0.05, 0.1) is 0 Å². The molecule has 1 aromatic rings. The molecule has 1 rings (SSSR count). The third kappa shape index (κ3) is 7.71. The monoisotopic (exact) mass is 292 g/mol. The van der Waals surface area contributed by atoms with E-state index in [0.29, 0.717) is 12.6 Å². The van der Waals surface area contributed by atoms with Gasteiger partial charge < -0.3 is 15.4 Å². The predicted molar refractivity (Wildman–Crippen MR) is 86.6 cm³/mol. The van der Waals surface area contributed by atoms with Crippen molar-refractivity contribution in [2.45, 2.75) is 52.7 Å². The molecular weight excluding hydrogens is 264 g/mol. The predicted octanol–water partition coefficient (Wildman–Crippen LogP) is 3.04. The summed E-state index contributed by atoms with van der Waals surface area (Å²) in [6.45, 7) is 11.1. The number of carbonyl (C=O) groups excluding carboxylic acids is 1. The number of benzene rings is 1. The first-order chi connectivity index (χ1) is 9.78. The van der Waals surface area contributed by atoms with Gasteiger partial charge in [-0.1, -0.05) is 24.3 Å². The van der Waals surface area contributed by atoms with Gasteiger partial charge >= 0.3 is 6.09 Å². The van der Waals surface area contributed by atoms with E-state index in [0.717, 1.165) is 13.0 Å². The molecule has 2 N–H and O–H groups in total. The Labute approximate surface area is 128 Å². The SMILES string of the molecule is Cc1ccccc1CC(C)NCCNC(=O)OC(C)(C)C. The zero-order chi connectivity index (χ0) is 15.9. The molecule has 0 radical (unpaired) electrons. The highest BCUT2D eigenvalue weighted by Crippen LogP contribution is 2.09. The Kier molecular flexibility index (Phi) is 6.69. The first-order valence-electron chi connectivity index (χ1n) is 7.52. The Morgan fingerprint density at radius 3 is 2.52 bits per heavy atom. The van der Waals surface area contributed by atoms with Crippen LogP contribution in [0.15, 0.2) is 24.3 Å². The van der Waals surface area contributed by atoms with E-state index in [1.807, 2.05) is 20.8 Å². The van der Waals surface area contributed by atoms with Gasteiger partial charge in [0.2, 0.25) is 0 Å². The highest BCUT2D eigenvalue weighted by Gasteiger charge is 2.15. The largest absolute Gasteiger partial charge is 0.444 e. The van der Waals surface area contributed by atoms with Crippen LogP contribution in [-0.2, 0) is 11.2 Å². The summed E-state index contributed by atoms with van der Waals surface area (Å²) in [4.78, 5) is 11.5. The van der Waals surface area contributed by atoms with Crippen molar-refractivity contribution in [3.05, 3.63) is 35.4 Å². The van der Waals surface area contributed by atoms with E-state index in [1.165, 1.54) is 11.1 Å². The molecule has 0 saturated carbocycles. The Bertz CT molecular complexity index is 452. The Balaban J connectivity index is 2.21. The van der Waals surface area contributed by atoms with E-state index in [4.69, 9.17) is 4.74 Å². The average Bonchev–Trinajstić information content (AvgIpc) is 2.35. The first-order valence-corrected chi connectivity index (χ1v) is 7.52. The van der Waals surface area contributed by atoms with Crippen molar-refractivity contribution in [1.29, 1.82) is 0 Å². The van der Waals surface area contributed by atoms with Crippen molar-refractivity contribution in [1.82, 2.24) is 10.6 Å². The maximum absolute atomic E-state index is 11.5. The zero-order valence-corrected chi connectivity index (χ0v) is 13.8. The van der Waals surface area contributed by atoms with Crippen LogP contribution in [0.1, 0.15) is 38.8 Å². The van der Waals surface area contributed by atoms with Crippen LogP contribution < -0.4 is 10.6 Å². The van der Waals surface area contributed by atoms with E-state index >= 15 is 0 Å². The van der Waals surface area contributed by atoms with Gasteiger partial charge in [-0.05, 0) is 52.2 Å². The number of ether oxygens (including phenoxy) is 1. The van der Waals surface area contributed by atoms with Gasteiger partial charge in [0, 0.05) is 19.1 Å². The second kappa shape index (κ2) is 8.03. The van der Waals surface area contributed by atoms with Crippen LogP contribution in [0.3, 0.4) is 0 Å². The molecule has 21 heavy (non-hydrogen) atoms. The second-order valence-electron chi connectivity index (χ2n) is 6.41. The summed E-state index contributed by atoms with van der Waals surface area (Å²) in [5.74, 6) is 0. The molecule has 1 aromatic carbocycles. The van der Waals surface area contributed by atoms with Crippen LogP contribution in [-0.4, -0.2) is 30.8 Å². The minimum Gasteiger partial charge on any atom is -0.444 e. The fourth-order valence-electron chi connectivity index (χ4n) is 2.04. The first kappa shape index (κ1) is 17.5. The molecule has 0 aromatic heterocycles. The van der Waals surface area contributed by atoms with Crippen LogP contribution in [0.4, 0.5) is 4.79 Å². The van der Waals surface area contributed by atoms with Gasteiger partial charge in [-0.25, -0.2) is 4.79 Å². The molecule has 0 fully saturated rings. The lowest BCUT2D eigenvalue weighted by atomic mass is 10.0. The normalized spacial score (nSPS) is 12.8. The molecule has 1 amide bonds. The molecule has 4 nitrogen and oxygen atoms in total. The van der Waals surface area contributed by atoms with Crippen LogP contribution >= 0.6 is 0 Å². The summed E-state index contributed by atoms with van der Waals surface area (Å²) in [7, 11) is 0. The summed E-state index contributed by atoms with van der Waals surface area (Å²) in [5, 5.41) is 6.15. The van der Waals surface area contributed by atoms with Crippen LogP contribution in [0.2, 0.25) is 0 Å². The number of alkyl carbamates (subject to hydrolysis) is 1. The van der Waals surface area contributed by atoms with Crippen molar-refractivity contribution < 1.29 is 9.53 Å². The van der Waals surface area contributed by atoms with Gasteiger partial charge in [0.15, 0.2) is 0 Å². The van der Waals surface area contributed by atoms with Crippen molar-refractivity contribution >= 4 is 6.09 Å². The summed E-state index contributed by atoms with van der Waals surface area (Å²) >= 11 is 0. The van der Waals surface area contributed by atoms with Crippen molar-refractivity contribution in [3.63, 3.8) is 0 Å². The quantitative estimate of drug-likeness (QED) is 0.792. The highest BCUT2D eigenvalue weighted by atomic mass is 16.6. The number of hydrogen-bond donors (Lipinski definition) is 2. The lowest BCUT2D eigenvalue weighted by Crippen LogP contribution is -2.39. The Morgan fingerprint density at radius 1 is 1.24 bits per heavy atom. The van der Waals surface area contributed by atoms with Crippen LogP contribution in [0, 0.1) is 6.92 Å². The fraction of sp³-hybridized carbons (Fsp3) is 0.588. The van der Waals surface area contributed by atoms with Gasteiger partial charge in [0.25, 0.3) is 0 Å². The Hall–Kier alpha value is -1.55.